The van der Waals surface area contributed by atoms with Crippen molar-refractivity contribution in [3.8, 4) is 5.75 Å². The van der Waals surface area contributed by atoms with Crippen molar-refractivity contribution < 1.29 is 36.6 Å². The van der Waals surface area contributed by atoms with Gasteiger partial charge in [0, 0.05) is 18.5 Å². The van der Waals surface area contributed by atoms with E-state index in [0.717, 1.165) is 18.2 Å². The summed E-state index contributed by atoms with van der Waals surface area (Å²) < 4.78 is 71.3. The van der Waals surface area contributed by atoms with Gasteiger partial charge < -0.3 is 14.7 Å². The number of rotatable bonds is 3. The Kier molecular flexibility index (Phi) is 4.38. The molecule has 1 aromatic rings. The van der Waals surface area contributed by atoms with E-state index in [1.807, 2.05) is 0 Å². The number of carbonyl (C=O) groups is 1. The number of nitrogens with zero attached hydrogens (tertiary/aromatic N) is 1. The predicted molar refractivity (Wildman–Crippen MR) is 76.4 cm³/mol. The Labute approximate surface area is 140 Å². The molecule has 138 valence electrons. The van der Waals surface area contributed by atoms with E-state index < -0.39 is 42.8 Å². The van der Waals surface area contributed by atoms with Crippen LogP contribution >= 0.6 is 0 Å². The smallest absolute Gasteiger partial charge is 0.416 e. The average Bonchev–Trinajstić information content (AvgIpc) is 2.99. The van der Waals surface area contributed by atoms with Gasteiger partial charge in [0.2, 0.25) is 5.91 Å². The molecule has 0 aromatic heterocycles. The van der Waals surface area contributed by atoms with E-state index in [2.05, 4.69) is 0 Å². The lowest BCUT2D eigenvalue weighted by atomic mass is 9.84. The molecule has 2 heterocycles. The summed E-state index contributed by atoms with van der Waals surface area (Å²) in [5.41, 5.74) is -3.35. The zero-order valence-electron chi connectivity index (χ0n) is 13.0. The first-order valence-corrected chi connectivity index (χ1v) is 7.73. The minimum Gasteiger partial charge on any atom is -0.479 e. The Morgan fingerprint density at radius 1 is 1.28 bits per heavy atom. The van der Waals surface area contributed by atoms with Crippen LogP contribution in [0.2, 0.25) is 0 Å². The van der Waals surface area contributed by atoms with Crippen LogP contribution in [0.4, 0.5) is 22.0 Å². The molecule has 25 heavy (non-hydrogen) atoms. The van der Waals surface area contributed by atoms with Gasteiger partial charge >= 0.3 is 6.18 Å². The van der Waals surface area contributed by atoms with Gasteiger partial charge in [-0.05, 0) is 24.6 Å². The third-order valence-corrected chi connectivity index (χ3v) is 4.71. The first-order chi connectivity index (χ1) is 11.7. The largest absolute Gasteiger partial charge is 0.479 e. The Balaban J connectivity index is 2.15. The maximum absolute atomic E-state index is 13.5. The summed E-state index contributed by atoms with van der Waals surface area (Å²) in [6.07, 6.45) is -5.86. The zero-order chi connectivity index (χ0) is 18.4. The van der Waals surface area contributed by atoms with Crippen molar-refractivity contribution in [2.75, 3.05) is 19.9 Å². The van der Waals surface area contributed by atoms with Crippen LogP contribution in [0, 0.1) is 0 Å². The second-order valence-corrected chi connectivity index (χ2v) is 6.26. The van der Waals surface area contributed by atoms with Gasteiger partial charge in [0.25, 0.3) is 0 Å². The number of hydrogen-bond donors (Lipinski definition) is 1. The molecule has 2 aliphatic rings. The third kappa shape index (κ3) is 2.84. The molecule has 9 heteroatoms. The SMILES string of the molecule is O=C1CCCN1[C@H]1c2cc(C(F)(F)F)ccc2OC(CF)(CF)[C@@H]1O. The summed E-state index contributed by atoms with van der Waals surface area (Å²) >= 11 is 0. The van der Waals surface area contributed by atoms with E-state index in [1.165, 1.54) is 4.90 Å². The summed E-state index contributed by atoms with van der Waals surface area (Å²) in [5.74, 6) is -0.556. The molecule has 1 amide bonds. The van der Waals surface area contributed by atoms with Crippen LogP contribution in [-0.2, 0) is 11.0 Å². The van der Waals surface area contributed by atoms with Gasteiger partial charge in [-0.1, -0.05) is 0 Å². The number of halogens is 5. The van der Waals surface area contributed by atoms with E-state index in [4.69, 9.17) is 4.74 Å². The minimum atomic E-state index is -4.64. The maximum atomic E-state index is 13.5. The fourth-order valence-corrected chi connectivity index (χ4v) is 3.34. The van der Waals surface area contributed by atoms with Crippen LogP contribution in [0.15, 0.2) is 18.2 Å². The highest BCUT2D eigenvalue weighted by Crippen LogP contribution is 2.46. The molecule has 1 saturated heterocycles. The number of aliphatic hydroxyl groups excluding tert-OH is 1. The lowest BCUT2D eigenvalue weighted by molar-refractivity contribution is -0.149. The minimum absolute atomic E-state index is 0.102. The van der Waals surface area contributed by atoms with E-state index in [1.54, 1.807) is 0 Å². The molecule has 0 bridgehead atoms. The first-order valence-electron chi connectivity index (χ1n) is 7.73. The van der Waals surface area contributed by atoms with Gasteiger partial charge in [-0.3, -0.25) is 4.79 Å². The number of ether oxygens (including phenoxy) is 1. The number of hydrogen-bond acceptors (Lipinski definition) is 3. The maximum Gasteiger partial charge on any atom is 0.416 e. The number of likely N-dealkylation sites (tertiary alicyclic amines) is 1. The predicted octanol–water partition coefficient (Wildman–Crippen LogP) is 2.80. The molecule has 1 N–H and O–H groups in total. The number of fused-ring (bicyclic) bond motifs is 1. The fraction of sp³-hybridized carbons (Fsp3) is 0.562. The highest BCUT2D eigenvalue weighted by Gasteiger charge is 2.53. The van der Waals surface area contributed by atoms with Crippen molar-refractivity contribution in [3.05, 3.63) is 29.3 Å². The third-order valence-electron chi connectivity index (χ3n) is 4.71. The number of amides is 1. The zero-order valence-corrected chi connectivity index (χ0v) is 13.0. The van der Waals surface area contributed by atoms with E-state index in [0.29, 0.717) is 6.42 Å². The van der Waals surface area contributed by atoms with Crippen LogP contribution in [0.25, 0.3) is 0 Å². The van der Waals surface area contributed by atoms with Gasteiger partial charge in [0.05, 0.1) is 11.6 Å². The number of alkyl halides is 5. The van der Waals surface area contributed by atoms with E-state index in [9.17, 15) is 31.9 Å². The molecule has 4 nitrogen and oxygen atoms in total. The molecule has 0 unspecified atom stereocenters. The molecule has 2 aliphatic heterocycles. The van der Waals surface area contributed by atoms with Crippen molar-refractivity contribution in [2.24, 2.45) is 0 Å². The lowest BCUT2D eigenvalue weighted by Crippen LogP contribution is -2.60. The topological polar surface area (TPSA) is 49.8 Å². The van der Waals surface area contributed by atoms with Crippen LogP contribution < -0.4 is 4.74 Å². The number of benzene rings is 1. The summed E-state index contributed by atoms with van der Waals surface area (Å²) in [7, 11) is 0. The quantitative estimate of drug-likeness (QED) is 0.838. The molecular formula is C16H16F5NO3. The standard InChI is InChI=1S/C16H16F5NO3/c17-7-15(8-18)14(24)13(22-5-1-2-12(22)23)10-6-9(16(19,20)21)3-4-11(10)25-15/h3-4,6,13-14,24H,1-2,5,7-8H2/t13-,14+/m0/s1. The molecular weight excluding hydrogens is 349 g/mol. The van der Waals surface area contributed by atoms with Crippen LogP contribution in [0.5, 0.6) is 5.75 Å². The second-order valence-electron chi connectivity index (χ2n) is 6.26. The lowest BCUT2D eigenvalue weighted by Gasteiger charge is -2.46. The van der Waals surface area contributed by atoms with Crippen LogP contribution in [0.1, 0.15) is 30.0 Å². The van der Waals surface area contributed by atoms with E-state index >= 15 is 0 Å². The number of aliphatic hydroxyl groups is 1. The second kappa shape index (κ2) is 6.12. The monoisotopic (exact) mass is 365 g/mol. The fourth-order valence-electron chi connectivity index (χ4n) is 3.34. The molecule has 0 saturated carbocycles. The van der Waals surface area contributed by atoms with Crippen molar-refractivity contribution in [1.82, 2.24) is 4.90 Å². The normalized spacial score (nSPS) is 25.7. The highest BCUT2D eigenvalue weighted by atomic mass is 19.4. The Bertz CT molecular complexity index is 674. The van der Waals surface area contributed by atoms with Crippen molar-refractivity contribution in [3.63, 3.8) is 0 Å². The molecule has 2 atom stereocenters. The van der Waals surface area contributed by atoms with Gasteiger partial charge in [-0.15, -0.1) is 0 Å². The van der Waals surface area contributed by atoms with Gasteiger partial charge in [-0.2, -0.15) is 13.2 Å². The van der Waals surface area contributed by atoms with Crippen LogP contribution in [0.3, 0.4) is 0 Å². The highest BCUT2D eigenvalue weighted by molar-refractivity contribution is 5.79. The molecule has 1 fully saturated rings. The summed E-state index contributed by atoms with van der Waals surface area (Å²) in [6.45, 7) is -2.59. The first kappa shape index (κ1) is 17.9. The molecule has 1 aromatic carbocycles. The summed E-state index contributed by atoms with van der Waals surface area (Å²) in [4.78, 5) is 13.2. The molecule has 3 rings (SSSR count). The molecule has 0 radical (unpaired) electrons. The van der Waals surface area contributed by atoms with Gasteiger partial charge in [0.15, 0.2) is 5.60 Å². The molecule has 0 aliphatic carbocycles. The Hall–Kier alpha value is -1.90. The van der Waals surface area contributed by atoms with Crippen molar-refractivity contribution >= 4 is 5.91 Å². The van der Waals surface area contributed by atoms with Crippen molar-refractivity contribution in [1.29, 1.82) is 0 Å². The Morgan fingerprint density at radius 2 is 1.96 bits per heavy atom. The molecule has 0 spiro atoms. The Morgan fingerprint density at radius 3 is 2.48 bits per heavy atom. The van der Waals surface area contributed by atoms with Gasteiger partial charge in [0.1, 0.15) is 25.2 Å². The van der Waals surface area contributed by atoms with Crippen LogP contribution in [-0.4, -0.2) is 47.5 Å². The summed E-state index contributed by atoms with van der Waals surface area (Å²) in [5, 5.41) is 10.5. The summed E-state index contributed by atoms with van der Waals surface area (Å²) in [6, 6.07) is 1.17. The van der Waals surface area contributed by atoms with Crippen molar-refractivity contribution in [2.45, 2.75) is 36.8 Å². The van der Waals surface area contributed by atoms with E-state index in [-0.39, 0.29) is 30.2 Å². The number of carbonyl (C=O) groups excluding carboxylic acids is 1. The van der Waals surface area contributed by atoms with Gasteiger partial charge in [-0.25, -0.2) is 8.78 Å². The average molecular weight is 365 g/mol.